The van der Waals surface area contributed by atoms with Crippen molar-refractivity contribution >= 4 is 34.1 Å². The van der Waals surface area contributed by atoms with Crippen molar-refractivity contribution in [3.8, 4) is 16.2 Å². The number of pyridine rings is 1. The minimum absolute atomic E-state index is 0.262. The molecule has 0 aliphatic rings. The molecule has 1 atom stereocenters. The molecule has 2 N–H and O–H groups in total. The number of carbonyl (C=O) groups is 2. The second kappa shape index (κ2) is 11.2. The monoisotopic (exact) mass is 465 g/mol. The van der Waals surface area contributed by atoms with Crippen LogP contribution in [0.3, 0.4) is 0 Å². The van der Waals surface area contributed by atoms with E-state index < -0.39 is 6.04 Å². The van der Waals surface area contributed by atoms with E-state index in [4.69, 9.17) is 4.74 Å². The lowest BCUT2D eigenvalue weighted by atomic mass is 10.2. The van der Waals surface area contributed by atoms with Crippen molar-refractivity contribution in [1.82, 2.24) is 20.2 Å². The molecule has 8 nitrogen and oxygen atoms in total. The van der Waals surface area contributed by atoms with E-state index in [-0.39, 0.29) is 18.4 Å². The van der Waals surface area contributed by atoms with Gasteiger partial charge in [-0.05, 0) is 25.5 Å². The number of nitrogens with zero attached hydrogens (tertiary/aromatic N) is 3. The van der Waals surface area contributed by atoms with E-state index >= 15 is 0 Å². The number of ether oxygens (including phenoxy) is 1. The Labute approximate surface area is 197 Å². The fraction of sp³-hybridized carbons (Fsp3) is 0.250. The Morgan fingerprint density at radius 1 is 1.27 bits per heavy atom. The first kappa shape index (κ1) is 23.9. The van der Waals surface area contributed by atoms with Gasteiger partial charge in [-0.25, -0.2) is 9.97 Å². The highest BCUT2D eigenvalue weighted by molar-refractivity contribution is 7.18. The molecule has 0 aliphatic carbocycles. The van der Waals surface area contributed by atoms with Crippen LogP contribution in [0.1, 0.15) is 12.6 Å². The van der Waals surface area contributed by atoms with Crippen LogP contribution in [0.2, 0.25) is 0 Å². The second-order valence-electron chi connectivity index (χ2n) is 7.32. The Hall–Kier alpha value is -3.72. The minimum Gasteiger partial charge on any atom is -0.492 e. The van der Waals surface area contributed by atoms with Crippen LogP contribution in [-0.2, 0) is 9.59 Å². The highest BCUT2D eigenvalue weighted by Crippen LogP contribution is 2.30. The molecule has 0 aliphatic heterocycles. The molecule has 9 heteroatoms. The van der Waals surface area contributed by atoms with Gasteiger partial charge >= 0.3 is 0 Å². The first-order chi connectivity index (χ1) is 15.9. The zero-order chi connectivity index (χ0) is 23.8. The third-order valence-electron chi connectivity index (χ3n) is 4.88. The van der Waals surface area contributed by atoms with Gasteiger partial charge in [-0.15, -0.1) is 0 Å². The predicted octanol–water partition coefficient (Wildman–Crippen LogP) is 3.79. The number of anilines is 2. The summed E-state index contributed by atoms with van der Waals surface area (Å²) in [5.41, 5.74) is 1.90. The summed E-state index contributed by atoms with van der Waals surface area (Å²) in [7, 11) is 1.56. The molecule has 1 unspecified atom stereocenters. The molecule has 0 bridgehead atoms. The van der Waals surface area contributed by atoms with Crippen molar-refractivity contribution in [2.75, 3.05) is 25.5 Å². The lowest BCUT2D eigenvalue weighted by Gasteiger charge is -2.22. The van der Waals surface area contributed by atoms with E-state index in [1.165, 1.54) is 11.0 Å². The van der Waals surface area contributed by atoms with Gasteiger partial charge in [0.1, 0.15) is 24.2 Å². The zero-order valence-corrected chi connectivity index (χ0v) is 19.7. The molecule has 2 amide bonds. The highest BCUT2D eigenvalue weighted by atomic mass is 32.1. The van der Waals surface area contributed by atoms with E-state index in [0.29, 0.717) is 18.1 Å². The van der Waals surface area contributed by atoms with Crippen LogP contribution in [-0.4, -0.2) is 52.9 Å². The molecule has 1 aromatic carbocycles. The van der Waals surface area contributed by atoms with Gasteiger partial charge in [-0.3, -0.25) is 9.59 Å². The van der Waals surface area contributed by atoms with E-state index in [0.717, 1.165) is 21.3 Å². The number of amides is 2. The van der Waals surface area contributed by atoms with Gasteiger partial charge in [0.05, 0.1) is 11.4 Å². The second-order valence-corrected chi connectivity index (χ2v) is 8.35. The Kier molecular flexibility index (Phi) is 8.15. The maximum absolute atomic E-state index is 12.2. The van der Waals surface area contributed by atoms with Gasteiger partial charge in [0.2, 0.25) is 11.8 Å². The summed E-state index contributed by atoms with van der Waals surface area (Å²) < 4.78 is 5.79. The van der Waals surface area contributed by atoms with Gasteiger partial charge in [0.15, 0.2) is 5.13 Å². The number of aryl methyl sites for hydroxylation is 1. The fourth-order valence-electron chi connectivity index (χ4n) is 2.96. The van der Waals surface area contributed by atoms with Crippen LogP contribution >= 0.6 is 11.3 Å². The fourth-order valence-corrected chi connectivity index (χ4v) is 3.79. The van der Waals surface area contributed by atoms with Gasteiger partial charge in [-0.1, -0.05) is 48.2 Å². The normalized spacial score (nSPS) is 11.4. The SMILES string of the molecule is C=CC(=O)N(C)C(C)C(=O)NCCOc1cc(C)nc(Nc2ncc(-c3ccccc3)s2)c1. The summed E-state index contributed by atoms with van der Waals surface area (Å²) in [5.74, 6) is 0.687. The molecule has 2 heterocycles. The van der Waals surface area contributed by atoms with Crippen molar-refractivity contribution in [1.29, 1.82) is 0 Å². The van der Waals surface area contributed by atoms with Gasteiger partial charge < -0.3 is 20.3 Å². The maximum atomic E-state index is 12.2. The summed E-state index contributed by atoms with van der Waals surface area (Å²) in [6.07, 6.45) is 3.01. The summed E-state index contributed by atoms with van der Waals surface area (Å²) in [6, 6.07) is 13.1. The van der Waals surface area contributed by atoms with Crippen LogP contribution in [0.4, 0.5) is 10.9 Å². The number of benzene rings is 1. The third-order valence-corrected chi connectivity index (χ3v) is 5.84. The molecule has 0 fully saturated rings. The zero-order valence-electron chi connectivity index (χ0n) is 18.9. The standard InChI is InChI=1S/C24H27N5O3S/c1-5-22(30)29(4)17(3)23(31)25-11-12-32-19-13-16(2)27-21(14-19)28-24-26-15-20(33-24)18-9-7-6-8-10-18/h5-10,13-15,17H,1,11-12H2,2-4H3,(H,25,31)(H,26,27,28). The molecule has 0 saturated heterocycles. The van der Waals surface area contributed by atoms with E-state index in [9.17, 15) is 9.59 Å². The van der Waals surface area contributed by atoms with Crippen LogP contribution in [0.5, 0.6) is 5.75 Å². The van der Waals surface area contributed by atoms with Crippen molar-refractivity contribution in [2.45, 2.75) is 19.9 Å². The molecule has 33 heavy (non-hydrogen) atoms. The van der Waals surface area contributed by atoms with E-state index in [1.54, 1.807) is 31.4 Å². The largest absolute Gasteiger partial charge is 0.492 e. The van der Waals surface area contributed by atoms with Crippen LogP contribution in [0.25, 0.3) is 10.4 Å². The summed E-state index contributed by atoms with van der Waals surface area (Å²) in [6.45, 7) is 7.54. The lowest BCUT2D eigenvalue weighted by molar-refractivity contribution is -0.135. The van der Waals surface area contributed by atoms with Gasteiger partial charge in [-0.2, -0.15) is 0 Å². The number of likely N-dealkylation sites (N-methyl/N-ethyl adjacent to an activating group) is 1. The molecule has 2 aromatic heterocycles. The number of hydrogen-bond donors (Lipinski definition) is 2. The Morgan fingerprint density at radius 2 is 2.03 bits per heavy atom. The number of hydrogen-bond acceptors (Lipinski definition) is 7. The smallest absolute Gasteiger partial charge is 0.246 e. The molecule has 3 aromatic rings. The van der Waals surface area contributed by atoms with Gasteiger partial charge in [0.25, 0.3) is 0 Å². The minimum atomic E-state index is -0.603. The average Bonchev–Trinajstić information content (AvgIpc) is 3.28. The molecule has 172 valence electrons. The Bertz CT molecular complexity index is 1120. The Balaban J connectivity index is 1.53. The molecule has 0 spiro atoms. The molecular weight excluding hydrogens is 438 g/mol. The topological polar surface area (TPSA) is 96.5 Å². The van der Waals surface area contributed by atoms with Crippen molar-refractivity contribution < 1.29 is 14.3 Å². The van der Waals surface area contributed by atoms with Gasteiger partial charge in [0, 0.05) is 31.1 Å². The number of nitrogens with one attached hydrogen (secondary N) is 2. The number of carbonyl (C=O) groups excluding carboxylic acids is 2. The van der Waals surface area contributed by atoms with Crippen molar-refractivity contribution in [3.63, 3.8) is 0 Å². The van der Waals surface area contributed by atoms with Crippen molar-refractivity contribution in [2.24, 2.45) is 0 Å². The third kappa shape index (κ3) is 6.63. The summed E-state index contributed by atoms with van der Waals surface area (Å²) in [5, 5.41) is 6.73. The maximum Gasteiger partial charge on any atom is 0.246 e. The van der Waals surface area contributed by atoms with Crippen molar-refractivity contribution in [3.05, 3.63) is 67.0 Å². The lowest BCUT2D eigenvalue weighted by Crippen LogP contribution is -2.46. The van der Waals surface area contributed by atoms with Crippen LogP contribution < -0.4 is 15.4 Å². The first-order valence-corrected chi connectivity index (χ1v) is 11.3. The van der Waals surface area contributed by atoms with E-state index in [1.807, 2.05) is 49.5 Å². The summed E-state index contributed by atoms with van der Waals surface area (Å²) >= 11 is 1.54. The number of rotatable bonds is 10. The molecule has 0 saturated carbocycles. The Morgan fingerprint density at radius 3 is 2.76 bits per heavy atom. The van der Waals surface area contributed by atoms with Crippen LogP contribution in [0.15, 0.2) is 61.3 Å². The quantitative estimate of drug-likeness (QED) is 0.349. The van der Waals surface area contributed by atoms with E-state index in [2.05, 4.69) is 27.2 Å². The first-order valence-electron chi connectivity index (χ1n) is 10.4. The van der Waals surface area contributed by atoms with Crippen LogP contribution in [0, 0.1) is 6.92 Å². The summed E-state index contributed by atoms with van der Waals surface area (Å²) in [4.78, 5) is 35.2. The molecular formula is C24H27N5O3S. The molecule has 3 rings (SSSR count). The average molecular weight is 466 g/mol. The predicted molar refractivity (Wildman–Crippen MR) is 131 cm³/mol. The highest BCUT2D eigenvalue weighted by Gasteiger charge is 2.20. The number of aromatic nitrogens is 2. The molecule has 0 radical (unpaired) electrons. The number of thiazole rings is 1.